The van der Waals surface area contributed by atoms with Crippen LogP contribution in [0.5, 0.6) is 0 Å². The Hall–Kier alpha value is -3.42. The molecule has 4 nitrogen and oxygen atoms in total. The summed E-state index contributed by atoms with van der Waals surface area (Å²) < 4.78 is 0. The highest BCUT2D eigenvalue weighted by Gasteiger charge is 2.34. The molecule has 0 radical (unpaired) electrons. The summed E-state index contributed by atoms with van der Waals surface area (Å²) in [5.74, 6) is 0.00831. The Bertz CT molecular complexity index is 1080. The van der Waals surface area contributed by atoms with Crippen molar-refractivity contribution in [2.75, 3.05) is 26.2 Å². The molecule has 1 aliphatic heterocycles. The highest BCUT2D eigenvalue weighted by Crippen LogP contribution is 2.46. The number of hydrogen-bond acceptors (Lipinski definition) is 3. The monoisotopic (exact) mass is 379 g/mol. The largest absolute Gasteiger partial charge is 0.336 e. The second-order valence-electron chi connectivity index (χ2n) is 7.60. The van der Waals surface area contributed by atoms with E-state index in [1.807, 2.05) is 4.90 Å². The second-order valence-corrected chi connectivity index (χ2v) is 7.60. The van der Waals surface area contributed by atoms with Crippen LogP contribution in [0.3, 0.4) is 0 Å². The Morgan fingerprint density at radius 1 is 0.828 bits per heavy atom. The molecule has 1 amide bonds. The second kappa shape index (κ2) is 7.20. The lowest BCUT2D eigenvalue weighted by molar-refractivity contribution is 0.0600. The minimum Gasteiger partial charge on any atom is -0.336 e. The van der Waals surface area contributed by atoms with Crippen LogP contribution in [0.4, 0.5) is 0 Å². The van der Waals surface area contributed by atoms with E-state index in [2.05, 4.69) is 59.5 Å². The van der Waals surface area contributed by atoms with E-state index >= 15 is 0 Å². The summed E-state index contributed by atoms with van der Waals surface area (Å²) in [6.45, 7) is 3.04. The average molecular weight is 379 g/mol. The Morgan fingerprint density at radius 3 is 2.07 bits per heavy atom. The lowest BCUT2D eigenvalue weighted by Crippen LogP contribution is -2.49. The number of nitriles is 1. The van der Waals surface area contributed by atoms with Crippen LogP contribution in [0.2, 0.25) is 0 Å². The Kier molecular flexibility index (Phi) is 4.38. The lowest BCUT2D eigenvalue weighted by atomic mass is 10.0. The Morgan fingerprint density at radius 2 is 1.45 bits per heavy atom. The number of carbonyl (C=O) groups excluding carboxylic acids is 1. The zero-order valence-corrected chi connectivity index (χ0v) is 16.1. The lowest BCUT2D eigenvalue weighted by Gasteiger charge is -2.38. The summed E-state index contributed by atoms with van der Waals surface area (Å²) in [6.07, 6.45) is 0. The first-order valence-electron chi connectivity index (χ1n) is 9.98. The summed E-state index contributed by atoms with van der Waals surface area (Å²) in [4.78, 5) is 17.3. The molecule has 1 heterocycles. The number of amides is 1. The molecule has 0 spiro atoms. The molecule has 2 aliphatic rings. The van der Waals surface area contributed by atoms with Gasteiger partial charge in [0.25, 0.3) is 5.91 Å². The van der Waals surface area contributed by atoms with Crippen LogP contribution in [-0.2, 0) is 0 Å². The zero-order chi connectivity index (χ0) is 19.8. The van der Waals surface area contributed by atoms with Crippen LogP contribution < -0.4 is 0 Å². The molecule has 1 saturated heterocycles. The quantitative estimate of drug-likeness (QED) is 0.674. The molecule has 0 saturated carbocycles. The maximum absolute atomic E-state index is 12.9. The first-order chi connectivity index (χ1) is 14.3. The van der Waals surface area contributed by atoms with Crippen LogP contribution in [0.15, 0.2) is 72.8 Å². The molecule has 4 heteroatoms. The van der Waals surface area contributed by atoms with Crippen LogP contribution in [0, 0.1) is 11.3 Å². The molecule has 0 N–H and O–H groups in total. The minimum absolute atomic E-state index is 0.00831. The molecule has 0 unspecified atom stereocenters. The normalized spacial score (nSPS) is 16.2. The fourth-order valence-corrected chi connectivity index (χ4v) is 4.61. The number of hydrogen-bond donors (Lipinski definition) is 0. The van der Waals surface area contributed by atoms with Crippen LogP contribution >= 0.6 is 0 Å². The average Bonchev–Trinajstić information content (AvgIpc) is 3.13. The summed E-state index contributed by atoms with van der Waals surface area (Å²) in [5, 5.41) is 9.09. The van der Waals surface area contributed by atoms with Gasteiger partial charge in [0.1, 0.15) is 0 Å². The van der Waals surface area contributed by atoms with Gasteiger partial charge in [0, 0.05) is 31.7 Å². The van der Waals surface area contributed by atoms with Crippen molar-refractivity contribution in [1.29, 1.82) is 5.26 Å². The summed E-state index contributed by atoms with van der Waals surface area (Å²) in [5.41, 5.74) is 6.47. The van der Waals surface area contributed by atoms with Crippen LogP contribution in [0.25, 0.3) is 11.1 Å². The number of nitrogens with zero attached hydrogens (tertiary/aromatic N) is 3. The van der Waals surface area contributed by atoms with E-state index in [9.17, 15) is 4.79 Å². The zero-order valence-electron chi connectivity index (χ0n) is 16.1. The number of piperazine rings is 1. The number of carbonyl (C=O) groups is 1. The molecule has 1 fully saturated rings. The SMILES string of the molecule is N#Cc1cccc(C(=O)N2CCN(C3c4ccccc4-c4ccccc43)CC2)c1. The first kappa shape index (κ1) is 17.7. The smallest absolute Gasteiger partial charge is 0.253 e. The standard InChI is InChI=1S/C25H21N3O/c26-17-18-6-5-7-19(16-18)25(29)28-14-12-27(13-15-28)24-22-10-3-1-8-20(22)21-9-2-4-11-23(21)24/h1-11,16,24H,12-15H2. The van der Waals surface area contributed by atoms with Gasteiger partial charge in [0.15, 0.2) is 0 Å². The summed E-state index contributed by atoms with van der Waals surface area (Å²) in [6, 6.07) is 26.6. The van der Waals surface area contributed by atoms with Gasteiger partial charge in [-0.2, -0.15) is 5.26 Å². The van der Waals surface area contributed by atoms with Gasteiger partial charge >= 0.3 is 0 Å². The molecular weight excluding hydrogens is 358 g/mol. The third kappa shape index (κ3) is 3.00. The van der Waals surface area contributed by atoms with Gasteiger partial charge < -0.3 is 4.90 Å². The van der Waals surface area contributed by atoms with Crippen molar-refractivity contribution in [1.82, 2.24) is 9.80 Å². The first-order valence-corrected chi connectivity index (χ1v) is 9.98. The van der Waals surface area contributed by atoms with Crippen molar-refractivity contribution < 1.29 is 4.79 Å². The molecule has 3 aromatic rings. The van der Waals surface area contributed by atoms with Crippen molar-refractivity contribution in [3.05, 3.63) is 95.1 Å². The van der Waals surface area contributed by atoms with Gasteiger partial charge in [-0.25, -0.2) is 0 Å². The Labute approximate surface area is 170 Å². The van der Waals surface area contributed by atoms with Crippen LogP contribution in [0.1, 0.15) is 33.1 Å². The predicted octanol–water partition coefficient (Wildman–Crippen LogP) is 4.09. The predicted molar refractivity (Wildman–Crippen MR) is 112 cm³/mol. The van der Waals surface area contributed by atoms with Crippen molar-refractivity contribution in [2.24, 2.45) is 0 Å². The minimum atomic E-state index is 0.00831. The van der Waals surface area contributed by atoms with Crippen molar-refractivity contribution in [3.63, 3.8) is 0 Å². The van der Waals surface area contributed by atoms with E-state index in [4.69, 9.17) is 5.26 Å². The Balaban J connectivity index is 1.36. The molecule has 142 valence electrons. The van der Waals surface area contributed by atoms with Gasteiger partial charge in [-0.15, -0.1) is 0 Å². The highest BCUT2D eigenvalue weighted by molar-refractivity contribution is 5.94. The van der Waals surface area contributed by atoms with Crippen molar-refractivity contribution in [3.8, 4) is 17.2 Å². The topological polar surface area (TPSA) is 47.3 Å². The summed E-state index contributed by atoms with van der Waals surface area (Å²) >= 11 is 0. The van der Waals surface area contributed by atoms with Gasteiger partial charge in [-0.3, -0.25) is 9.69 Å². The molecule has 0 atom stereocenters. The molecule has 1 aliphatic carbocycles. The third-order valence-electron chi connectivity index (χ3n) is 6.01. The fourth-order valence-electron chi connectivity index (χ4n) is 4.61. The maximum atomic E-state index is 12.9. The number of fused-ring (bicyclic) bond motifs is 3. The van der Waals surface area contributed by atoms with E-state index < -0.39 is 0 Å². The molecule has 5 rings (SSSR count). The van der Waals surface area contributed by atoms with Gasteiger partial charge in [-0.1, -0.05) is 54.6 Å². The van der Waals surface area contributed by atoms with Crippen LogP contribution in [-0.4, -0.2) is 41.9 Å². The molecule has 0 bridgehead atoms. The van der Waals surface area contributed by atoms with Crippen molar-refractivity contribution in [2.45, 2.75) is 6.04 Å². The molecule has 3 aromatic carbocycles. The van der Waals surface area contributed by atoms with Gasteiger partial charge in [0.05, 0.1) is 17.7 Å². The fraction of sp³-hybridized carbons (Fsp3) is 0.200. The van der Waals surface area contributed by atoms with E-state index in [1.165, 1.54) is 22.3 Å². The van der Waals surface area contributed by atoms with E-state index in [1.54, 1.807) is 24.3 Å². The van der Waals surface area contributed by atoms with Gasteiger partial charge in [0.2, 0.25) is 0 Å². The van der Waals surface area contributed by atoms with E-state index in [0.29, 0.717) is 24.2 Å². The molecule has 29 heavy (non-hydrogen) atoms. The third-order valence-corrected chi connectivity index (χ3v) is 6.01. The molecule has 0 aromatic heterocycles. The molecular formula is C25H21N3O. The van der Waals surface area contributed by atoms with Gasteiger partial charge in [-0.05, 0) is 40.5 Å². The van der Waals surface area contributed by atoms with E-state index in [0.717, 1.165) is 13.1 Å². The summed E-state index contributed by atoms with van der Waals surface area (Å²) in [7, 11) is 0. The van der Waals surface area contributed by atoms with E-state index in [-0.39, 0.29) is 11.9 Å². The van der Waals surface area contributed by atoms with Crippen molar-refractivity contribution >= 4 is 5.91 Å². The highest BCUT2D eigenvalue weighted by atomic mass is 16.2. The maximum Gasteiger partial charge on any atom is 0.253 e. The number of benzene rings is 3. The number of rotatable bonds is 2.